The van der Waals surface area contributed by atoms with Crippen molar-refractivity contribution in [3.05, 3.63) is 71.7 Å². The molecule has 0 amide bonds. The van der Waals surface area contributed by atoms with E-state index in [0.29, 0.717) is 0 Å². The van der Waals surface area contributed by atoms with Gasteiger partial charge in [-0.15, -0.1) is 0 Å². The Balaban J connectivity index is 0.00000294. The van der Waals surface area contributed by atoms with Crippen LogP contribution in [0, 0.1) is 0 Å². The fourth-order valence-electron chi connectivity index (χ4n) is 4.23. The van der Waals surface area contributed by atoms with Crippen LogP contribution in [0.25, 0.3) is 0 Å². The molecule has 4 aromatic rings. The number of hydrogen-bond donors (Lipinski definition) is 0. The van der Waals surface area contributed by atoms with E-state index in [1.165, 1.54) is 30.6 Å². The molecule has 8 nitrogen and oxygen atoms in total. The number of anilines is 2. The summed E-state index contributed by atoms with van der Waals surface area (Å²) < 4.78 is 3.94. The third-order valence-electron chi connectivity index (χ3n) is 6.57. The molecule has 4 rings (SSSR count). The van der Waals surface area contributed by atoms with Crippen molar-refractivity contribution in [3.63, 3.8) is 0 Å². The zero-order valence-corrected chi connectivity index (χ0v) is 24.9. The van der Waals surface area contributed by atoms with Gasteiger partial charge in [0.2, 0.25) is 0 Å². The molecule has 0 atom stereocenters. The summed E-state index contributed by atoms with van der Waals surface area (Å²) in [5.41, 5.74) is 4.21. The van der Waals surface area contributed by atoms with Crippen molar-refractivity contribution < 1.29 is 9.13 Å². The number of aryl methyl sites for hydroxylation is 2. The number of aromatic nitrogens is 2. The zero-order chi connectivity index (χ0) is 27.5. The molecule has 0 aliphatic carbocycles. The molecular weight excluding hydrogens is 549 g/mol. The van der Waals surface area contributed by atoms with Gasteiger partial charge in [-0.25, -0.2) is 9.13 Å². The van der Waals surface area contributed by atoms with Gasteiger partial charge in [-0.3, -0.25) is 0 Å². The van der Waals surface area contributed by atoms with Crippen molar-refractivity contribution in [1.29, 1.82) is 0 Å². The number of hydrogen-bond acceptors (Lipinski definition) is 8. The summed E-state index contributed by atoms with van der Waals surface area (Å²) >= 11 is 3.16. The summed E-state index contributed by atoms with van der Waals surface area (Å²) in [5.74, 6) is 0. The summed E-state index contributed by atoms with van der Waals surface area (Å²) in [5, 5.41) is 23.3. The molecule has 0 aliphatic heterocycles. The summed E-state index contributed by atoms with van der Waals surface area (Å²) in [7, 11) is 3.96. The summed E-state index contributed by atoms with van der Waals surface area (Å²) in [6.45, 7) is 8.51. The molecule has 0 saturated heterocycles. The molecule has 2 aromatic heterocycles. The Hall–Kier alpha value is -3.50. The Morgan fingerprint density at radius 2 is 0.976 bits per heavy atom. The van der Waals surface area contributed by atoms with Crippen LogP contribution in [-0.4, -0.2) is 26.2 Å². The molecule has 41 heavy (non-hydrogen) atoms. The molecule has 0 aliphatic rings. The Labute approximate surface area is 254 Å². The van der Waals surface area contributed by atoms with Gasteiger partial charge < -0.3 is 9.80 Å². The van der Waals surface area contributed by atoms with E-state index in [-0.39, 0.29) is 14.9 Å². The highest BCUT2D eigenvalue weighted by Gasteiger charge is 2.10. The SMILES string of the molecule is C.C.CCN(CCCCCN(CC)c1ccc(N=Nc2scc[n+]2C)cc1)c1ccc(N=Nc2scc[n+]2C)cc1. The topological polar surface area (TPSA) is 63.7 Å². The maximum Gasteiger partial charge on any atom is 0.408 e. The number of nitrogens with zero attached hydrogens (tertiary/aromatic N) is 8. The smallest absolute Gasteiger partial charge is 0.372 e. The van der Waals surface area contributed by atoms with Crippen molar-refractivity contribution in [1.82, 2.24) is 0 Å². The molecule has 0 N–H and O–H groups in total. The Bertz CT molecular complexity index is 1240. The van der Waals surface area contributed by atoms with Crippen LogP contribution in [0.3, 0.4) is 0 Å². The minimum atomic E-state index is 0. The predicted molar refractivity (Wildman–Crippen MR) is 175 cm³/mol. The first-order valence-corrected chi connectivity index (χ1v) is 15.2. The monoisotopic (exact) mass is 594 g/mol. The predicted octanol–water partition coefficient (Wildman–Crippen LogP) is 9.08. The van der Waals surface area contributed by atoms with E-state index in [2.05, 4.69) is 68.4 Å². The molecular formula is C31H46N8S2+2. The van der Waals surface area contributed by atoms with Crippen LogP contribution >= 0.6 is 22.7 Å². The van der Waals surface area contributed by atoms with Gasteiger partial charge in [-0.2, -0.15) is 0 Å². The van der Waals surface area contributed by atoms with E-state index in [4.69, 9.17) is 0 Å². The third kappa shape index (κ3) is 9.82. The molecule has 220 valence electrons. The number of thiazole rings is 2. The first kappa shape index (κ1) is 33.7. The van der Waals surface area contributed by atoms with Gasteiger partial charge in [-0.1, -0.05) is 14.9 Å². The summed E-state index contributed by atoms with van der Waals surface area (Å²) in [4.78, 5) is 4.86. The van der Waals surface area contributed by atoms with E-state index in [1.54, 1.807) is 22.7 Å². The fourth-order valence-corrected chi connectivity index (χ4v) is 5.59. The number of rotatable bonds is 14. The van der Waals surface area contributed by atoms with Crippen molar-refractivity contribution in [3.8, 4) is 0 Å². The first-order valence-electron chi connectivity index (χ1n) is 13.5. The third-order valence-corrected chi connectivity index (χ3v) is 8.25. The van der Waals surface area contributed by atoms with E-state index in [9.17, 15) is 0 Å². The lowest BCUT2D eigenvalue weighted by atomic mass is 10.2. The maximum atomic E-state index is 4.38. The van der Waals surface area contributed by atoms with Crippen LogP contribution in [0.5, 0.6) is 0 Å². The Morgan fingerprint density at radius 1 is 0.585 bits per heavy atom. The quantitative estimate of drug-likeness (QED) is 0.0830. The lowest BCUT2D eigenvalue weighted by Crippen LogP contribution is -2.25. The minimum absolute atomic E-state index is 0. The largest absolute Gasteiger partial charge is 0.408 e. The van der Waals surface area contributed by atoms with Crippen LogP contribution in [0.4, 0.5) is 33.0 Å². The van der Waals surface area contributed by atoms with Gasteiger partial charge in [0.05, 0.1) is 24.3 Å². The first-order chi connectivity index (χ1) is 19.1. The fraction of sp³-hybridized carbons (Fsp3) is 0.419. The lowest BCUT2D eigenvalue weighted by Gasteiger charge is -2.25. The normalized spacial score (nSPS) is 11.0. The summed E-state index contributed by atoms with van der Waals surface area (Å²) in [6, 6.07) is 16.8. The standard InChI is InChI=1S/C29H38N8S2.2CH4/c1-5-36(26-14-10-24(11-15-26)30-32-28-34(3)20-22-38-28)18-8-7-9-19-37(6-2)27-16-12-25(13-17-27)31-33-29-35(4)21-23-39-29;;/h10-17,20-23H,5-9,18-19H2,1-4H3;2*1H4/q+2;;. The molecule has 2 aromatic carbocycles. The molecule has 0 saturated carbocycles. The van der Waals surface area contributed by atoms with E-state index >= 15 is 0 Å². The van der Waals surface area contributed by atoms with Crippen LogP contribution in [0.15, 0.2) is 92.1 Å². The summed E-state index contributed by atoms with van der Waals surface area (Å²) in [6.07, 6.45) is 7.50. The second-order valence-corrected chi connectivity index (χ2v) is 11.0. The Kier molecular flexibility index (Phi) is 14.3. The van der Waals surface area contributed by atoms with E-state index in [0.717, 1.165) is 47.8 Å². The lowest BCUT2D eigenvalue weighted by molar-refractivity contribution is -0.654. The average Bonchev–Trinajstić information content (AvgIpc) is 3.58. The van der Waals surface area contributed by atoms with Gasteiger partial charge in [0, 0.05) is 48.3 Å². The second kappa shape index (κ2) is 17.3. The molecule has 10 heteroatoms. The van der Waals surface area contributed by atoms with Gasteiger partial charge in [0.15, 0.2) is 0 Å². The van der Waals surface area contributed by atoms with Crippen molar-refractivity contribution in [2.24, 2.45) is 34.6 Å². The second-order valence-electron chi connectivity index (χ2n) is 9.25. The van der Waals surface area contributed by atoms with Crippen molar-refractivity contribution in [2.75, 3.05) is 36.0 Å². The molecule has 0 bridgehead atoms. The molecule has 2 heterocycles. The van der Waals surface area contributed by atoms with E-state index < -0.39 is 0 Å². The number of unbranched alkanes of at least 4 members (excludes halogenated alkanes) is 2. The zero-order valence-electron chi connectivity index (χ0n) is 23.3. The van der Waals surface area contributed by atoms with Gasteiger partial charge >= 0.3 is 10.3 Å². The highest BCUT2D eigenvalue weighted by atomic mass is 32.1. The molecule has 0 radical (unpaired) electrons. The van der Waals surface area contributed by atoms with Gasteiger partial charge in [0.1, 0.15) is 23.8 Å². The number of benzene rings is 2. The number of azo groups is 2. The molecule has 0 fully saturated rings. The van der Waals surface area contributed by atoms with E-state index in [1.807, 2.05) is 70.6 Å². The van der Waals surface area contributed by atoms with Crippen LogP contribution in [0.1, 0.15) is 48.0 Å². The van der Waals surface area contributed by atoms with Gasteiger partial charge in [-0.05, 0) is 115 Å². The van der Waals surface area contributed by atoms with Crippen molar-refractivity contribution in [2.45, 2.75) is 48.0 Å². The molecule has 0 unspecified atom stereocenters. The maximum absolute atomic E-state index is 4.38. The Morgan fingerprint density at radius 3 is 1.29 bits per heavy atom. The average molecular weight is 595 g/mol. The van der Waals surface area contributed by atoms with Gasteiger partial charge in [0.25, 0.3) is 0 Å². The minimum Gasteiger partial charge on any atom is -0.372 e. The van der Waals surface area contributed by atoms with Crippen molar-refractivity contribution >= 4 is 55.7 Å². The van der Waals surface area contributed by atoms with Crippen LogP contribution in [-0.2, 0) is 14.1 Å². The highest BCUT2D eigenvalue weighted by molar-refractivity contribution is 7.13. The van der Waals surface area contributed by atoms with Crippen LogP contribution < -0.4 is 18.9 Å². The highest BCUT2D eigenvalue weighted by Crippen LogP contribution is 2.24. The molecule has 0 spiro atoms. The van der Waals surface area contributed by atoms with Crippen LogP contribution in [0.2, 0.25) is 0 Å².